The first-order chi connectivity index (χ1) is 36.0. The molecule has 0 unspecified atom stereocenters. The van der Waals surface area contributed by atoms with E-state index >= 15 is 0 Å². The molecule has 0 spiro atoms. The van der Waals surface area contributed by atoms with Crippen LogP contribution in [0.5, 0.6) is 0 Å². The van der Waals surface area contributed by atoms with Crippen molar-refractivity contribution in [2.75, 3.05) is 13.2 Å². The van der Waals surface area contributed by atoms with Crippen LogP contribution in [0.1, 0.15) is 290 Å². The Balaban J connectivity index is 4.46. The summed E-state index contributed by atoms with van der Waals surface area (Å²) in [5.74, 6) is -0.976. The molecule has 0 bridgehead atoms. The van der Waals surface area contributed by atoms with Gasteiger partial charge in [0.25, 0.3) is 0 Å². The highest BCUT2D eigenvalue weighted by Gasteiger charge is 2.19. The van der Waals surface area contributed by atoms with Crippen molar-refractivity contribution in [3.05, 3.63) is 97.2 Å². The molecule has 0 saturated carbocycles. The van der Waals surface area contributed by atoms with Gasteiger partial charge in [-0.05, 0) is 96.3 Å². The highest BCUT2D eigenvalue weighted by atomic mass is 16.6. The monoisotopic (exact) mass is 1010 g/mol. The second kappa shape index (κ2) is 60.9. The molecule has 1 atom stereocenters. The van der Waals surface area contributed by atoms with E-state index in [1.165, 1.54) is 141 Å². The van der Waals surface area contributed by atoms with E-state index in [2.05, 4.69) is 118 Å². The molecular weight excluding hydrogens is 901 g/mol. The van der Waals surface area contributed by atoms with E-state index in [0.717, 1.165) is 103 Å². The van der Waals surface area contributed by atoms with Crippen LogP contribution in [0, 0.1) is 0 Å². The summed E-state index contributed by atoms with van der Waals surface area (Å²) in [5.41, 5.74) is 0. The van der Waals surface area contributed by atoms with Crippen LogP contribution in [0.2, 0.25) is 0 Å². The van der Waals surface area contributed by atoms with Crippen LogP contribution in [0.3, 0.4) is 0 Å². The predicted octanol–water partition coefficient (Wildman–Crippen LogP) is 20.9. The van der Waals surface area contributed by atoms with Gasteiger partial charge in [-0.15, -0.1) is 0 Å². The third kappa shape index (κ3) is 59.1. The van der Waals surface area contributed by atoms with Gasteiger partial charge in [0.15, 0.2) is 6.10 Å². The number of allylic oxidation sites excluding steroid dienone is 16. The minimum atomic E-state index is -0.810. The third-order valence-corrected chi connectivity index (χ3v) is 13.1. The molecule has 0 aliphatic heterocycles. The minimum Gasteiger partial charge on any atom is -0.462 e. The van der Waals surface area contributed by atoms with E-state index in [0.29, 0.717) is 19.3 Å². The third-order valence-electron chi connectivity index (χ3n) is 13.1. The van der Waals surface area contributed by atoms with Gasteiger partial charge in [-0.1, -0.05) is 272 Å². The van der Waals surface area contributed by atoms with Crippen molar-refractivity contribution >= 4 is 17.9 Å². The number of carbonyl (C=O) groups is 3. The van der Waals surface area contributed by atoms with E-state index < -0.39 is 6.10 Å². The Bertz CT molecular complexity index is 1440. The number of carbonyl (C=O) groups excluding carboxylic acids is 3. The Morgan fingerprint density at radius 1 is 0.288 bits per heavy atom. The first kappa shape index (κ1) is 69.3. The molecule has 0 rings (SSSR count). The number of hydrogen-bond donors (Lipinski definition) is 0. The Kier molecular flexibility index (Phi) is 57.8. The fourth-order valence-corrected chi connectivity index (χ4v) is 8.49. The van der Waals surface area contributed by atoms with Crippen LogP contribution in [0.15, 0.2) is 97.2 Å². The summed E-state index contributed by atoms with van der Waals surface area (Å²) in [6.45, 7) is 6.46. The van der Waals surface area contributed by atoms with E-state index in [4.69, 9.17) is 14.2 Å². The predicted molar refractivity (Wildman–Crippen MR) is 316 cm³/mol. The first-order valence-corrected chi connectivity index (χ1v) is 30.7. The van der Waals surface area contributed by atoms with Crippen molar-refractivity contribution in [2.45, 2.75) is 297 Å². The van der Waals surface area contributed by atoms with Gasteiger partial charge in [0, 0.05) is 19.3 Å². The zero-order valence-corrected chi connectivity index (χ0v) is 47.9. The Labute approximate surface area is 451 Å². The average molecular weight is 1020 g/mol. The lowest BCUT2D eigenvalue weighted by molar-refractivity contribution is -0.167. The van der Waals surface area contributed by atoms with Gasteiger partial charge >= 0.3 is 17.9 Å². The summed E-state index contributed by atoms with van der Waals surface area (Å²) in [7, 11) is 0. The Hall–Kier alpha value is -3.67. The van der Waals surface area contributed by atoms with E-state index in [9.17, 15) is 14.4 Å². The minimum absolute atomic E-state index is 0.106. The molecule has 0 aliphatic rings. The van der Waals surface area contributed by atoms with Crippen molar-refractivity contribution in [2.24, 2.45) is 0 Å². The molecule has 0 aliphatic carbocycles. The summed E-state index contributed by atoms with van der Waals surface area (Å²) >= 11 is 0. The molecule has 0 aromatic heterocycles. The summed E-state index contributed by atoms with van der Waals surface area (Å²) in [5, 5.41) is 0. The SMILES string of the molecule is CC/C=C\C/C=C\C/C=C\C/C=C\CCCCCCC(=O)OC[C@H](COC(=O)CCC/C=C\C/C=C\C/C=C\C/C=C\CCCCC)OC(=O)CCCCCCCCCCCCCCCCCCCCCCC. The molecule has 418 valence electrons. The maximum absolute atomic E-state index is 12.9. The lowest BCUT2D eigenvalue weighted by atomic mass is 10.0. The Morgan fingerprint density at radius 2 is 0.548 bits per heavy atom. The van der Waals surface area contributed by atoms with Gasteiger partial charge in [-0.3, -0.25) is 14.4 Å². The summed E-state index contributed by atoms with van der Waals surface area (Å²) in [6.07, 6.45) is 81.3. The van der Waals surface area contributed by atoms with Gasteiger partial charge in [-0.2, -0.15) is 0 Å². The van der Waals surface area contributed by atoms with E-state index in [1.807, 2.05) is 0 Å². The largest absolute Gasteiger partial charge is 0.462 e. The molecular formula is C67H114O6. The standard InChI is InChI=1S/C67H114O6/c1-4-7-10-13-16-19-22-25-28-31-32-33-34-37-40-43-46-49-52-55-58-61-67(70)73-64(62-71-65(68)59-56-53-50-47-44-41-38-35-29-26-23-20-17-14-11-8-5-2)63-72-66(69)60-57-54-51-48-45-42-39-36-30-27-24-21-18-15-12-9-6-3/h8,11,17-18,20-21,26-27,29-30,38-39,41-42,48,51,64H,4-7,9-10,12-16,19,22-25,28,31-37,40,43-47,49-50,52-63H2,1-3H3/b11-8-,20-17-,21-18-,29-26-,30-27-,41-38-,42-39-,51-48-/t64-/m1/s1. The average Bonchev–Trinajstić information content (AvgIpc) is 3.39. The number of ether oxygens (including phenoxy) is 3. The second-order valence-electron chi connectivity index (χ2n) is 20.2. The number of rotatable bonds is 55. The normalized spacial score (nSPS) is 12.8. The zero-order valence-electron chi connectivity index (χ0n) is 47.9. The van der Waals surface area contributed by atoms with Gasteiger partial charge < -0.3 is 14.2 Å². The summed E-state index contributed by atoms with van der Waals surface area (Å²) in [4.78, 5) is 38.2. The molecule has 0 amide bonds. The molecule has 0 heterocycles. The van der Waals surface area contributed by atoms with Crippen molar-refractivity contribution in [1.29, 1.82) is 0 Å². The molecule has 6 nitrogen and oxygen atoms in total. The summed E-state index contributed by atoms with van der Waals surface area (Å²) < 4.78 is 16.8. The Morgan fingerprint density at radius 3 is 0.918 bits per heavy atom. The lowest BCUT2D eigenvalue weighted by Gasteiger charge is -2.18. The van der Waals surface area contributed by atoms with Gasteiger partial charge in [0.1, 0.15) is 13.2 Å². The van der Waals surface area contributed by atoms with Crippen molar-refractivity contribution in [1.82, 2.24) is 0 Å². The quantitative estimate of drug-likeness (QED) is 0.0261. The van der Waals surface area contributed by atoms with Crippen LogP contribution in [-0.2, 0) is 28.6 Å². The van der Waals surface area contributed by atoms with E-state index in [1.54, 1.807) is 0 Å². The molecule has 0 fully saturated rings. The van der Waals surface area contributed by atoms with Crippen LogP contribution in [0.25, 0.3) is 0 Å². The zero-order chi connectivity index (χ0) is 52.9. The van der Waals surface area contributed by atoms with Crippen LogP contribution >= 0.6 is 0 Å². The molecule has 0 aromatic carbocycles. The van der Waals surface area contributed by atoms with Crippen molar-refractivity contribution in [3.63, 3.8) is 0 Å². The highest BCUT2D eigenvalue weighted by molar-refractivity contribution is 5.71. The fourth-order valence-electron chi connectivity index (χ4n) is 8.49. The first-order valence-electron chi connectivity index (χ1n) is 30.7. The highest BCUT2D eigenvalue weighted by Crippen LogP contribution is 2.16. The number of esters is 3. The molecule has 0 N–H and O–H groups in total. The van der Waals surface area contributed by atoms with Crippen LogP contribution in [0.4, 0.5) is 0 Å². The summed E-state index contributed by atoms with van der Waals surface area (Å²) in [6, 6.07) is 0. The van der Waals surface area contributed by atoms with Gasteiger partial charge in [0.05, 0.1) is 0 Å². The van der Waals surface area contributed by atoms with Crippen LogP contribution in [-0.4, -0.2) is 37.2 Å². The topological polar surface area (TPSA) is 78.9 Å². The van der Waals surface area contributed by atoms with Crippen molar-refractivity contribution < 1.29 is 28.6 Å². The molecule has 73 heavy (non-hydrogen) atoms. The molecule has 0 aromatic rings. The van der Waals surface area contributed by atoms with Crippen molar-refractivity contribution in [3.8, 4) is 0 Å². The smallest absolute Gasteiger partial charge is 0.306 e. The second-order valence-corrected chi connectivity index (χ2v) is 20.2. The number of unbranched alkanes of at least 4 members (excludes halogenated alkanes) is 28. The molecule has 6 heteroatoms. The number of hydrogen-bond acceptors (Lipinski definition) is 6. The van der Waals surface area contributed by atoms with Gasteiger partial charge in [0.2, 0.25) is 0 Å². The fraction of sp³-hybridized carbons (Fsp3) is 0.716. The van der Waals surface area contributed by atoms with E-state index in [-0.39, 0.29) is 37.5 Å². The molecule has 0 radical (unpaired) electrons. The maximum Gasteiger partial charge on any atom is 0.306 e. The van der Waals surface area contributed by atoms with Gasteiger partial charge in [-0.25, -0.2) is 0 Å². The molecule has 0 saturated heterocycles. The maximum atomic E-state index is 12.9. The van der Waals surface area contributed by atoms with Crippen LogP contribution < -0.4 is 0 Å². The lowest BCUT2D eigenvalue weighted by Crippen LogP contribution is -2.30.